The second-order valence-electron chi connectivity index (χ2n) is 4.39. The largest absolute Gasteiger partial charge is 0.390 e. The predicted molar refractivity (Wildman–Crippen MR) is 83.6 cm³/mol. The van der Waals surface area contributed by atoms with E-state index in [0.717, 1.165) is 12.8 Å². The van der Waals surface area contributed by atoms with Gasteiger partial charge in [0.2, 0.25) is 0 Å². The molecule has 20 heavy (non-hydrogen) atoms. The van der Waals surface area contributed by atoms with Crippen molar-refractivity contribution in [2.45, 2.75) is 91.5 Å². The molecule has 0 aromatic rings. The average Bonchev–Trinajstić information content (AvgIpc) is 2.47. The van der Waals surface area contributed by atoms with Crippen LogP contribution in [0.4, 0.5) is 0 Å². The van der Waals surface area contributed by atoms with Crippen molar-refractivity contribution in [1.29, 1.82) is 0 Å². The number of ether oxygens (including phenoxy) is 2. The molecule has 4 nitrogen and oxygen atoms in total. The standard InChI is InChI=1S/C12H22O4.2C2H6/c1-4-5-6-8(2)15-12-11(14)7-10(13)9(3)16-12;2*1-2/h4,8-14H,1,5-7H2,2-3H3;2*1-2H3/t8-,9+,10-,11-,12-;;/m1../s1. The van der Waals surface area contributed by atoms with Gasteiger partial charge < -0.3 is 19.7 Å². The molecule has 0 bridgehead atoms. The monoisotopic (exact) mass is 290 g/mol. The van der Waals surface area contributed by atoms with Crippen LogP contribution in [0.3, 0.4) is 0 Å². The minimum atomic E-state index is -0.752. The Hall–Kier alpha value is -0.420. The molecule has 1 heterocycles. The summed E-state index contributed by atoms with van der Waals surface area (Å²) in [6, 6.07) is 0. The predicted octanol–water partition coefficient (Wildman–Crippen LogP) is 3.27. The van der Waals surface area contributed by atoms with Crippen LogP contribution in [0.25, 0.3) is 0 Å². The fraction of sp³-hybridized carbons (Fsp3) is 0.875. The van der Waals surface area contributed by atoms with Crippen LogP contribution in [0.15, 0.2) is 12.7 Å². The minimum Gasteiger partial charge on any atom is -0.390 e. The second kappa shape index (κ2) is 13.6. The molecule has 5 atom stereocenters. The lowest BCUT2D eigenvalue weighted by atomic mass is 10.0. The van der Waals surface area contributed by atoms with Gasteiger partial charge in [-0.3, -0.25) is 0 Å². The van der Waals surface area contributed by atoms with Gasteiger partial charge in [-0.25, -0.2) is 0 Å². The van der Waals surface area contributed by atoms with E-state index in [0.29, 0.717) is 6.42 Å². The highest BCUT2D eigenvalue weighted by molar-refractivity contribution is 4.79. The minimum absolute atomic E-state index is 0.0140. The van der Waals surface area contributed by atoms with Crippen LogP contribution in [0.5, 0.6) is 0 Å². The lowest BCUT2D eigenvalue weighted by Gasteiger charge is -2.36. The van der Waals surface area contributed by atoms with E-state index in [1.807, 2.05) is 40.7 Å². The molecule has 4 heteroatoms. The highest BCUT2D eigenvalue weighted by Gasteiger charge is 2.35. The van der Waals surface area contributed by atoms with Crippen molar-refractivity contribution in [3.63, 3.8) is 0 Å². The Labute approximate surface area is 124 Å². The normalized spacial score (nSPS) is 30.2. The summed E-state index contributed by atoms with van der Waals surface area (Å²) in [6.45, 7) is 15.4. The van der Waals surface area contributed by atoms with Gasteiger partial charge in [0.25, 0.3) is 0 Å². The number of aliphatic hydroxyl groups is 2. The number of hydrogen-bond acceptors (Lipinski definition) is 4. The molecule has 0 unspecified atom stereocenters. The SMILES string of the molecule is C=CCC[C@@H](C)O[C@@H]1O[C@@H](C)[C@H](O)C[C@H]1O.CC.CC. The smallest absolute Gasteiger partial charge is 0.184 e. The molecular formula is C16H34O4. The fourth-order valence-corrected chi connectivity index (χ4v) is 1.72. The molecule has 2 N–H and O–H groups in total. The first kappa shape index (κ1) is 21.9. The zero-order valence-corrected chi connectivity index (χ0v) is 14.0. The highest BCUT2D eigenvalue weighted by atomic mass is 16.7. The van der Waals surface area contributed by atoms with Gasteiger partial charge in [-0.2, -0.15) is 0 Å². The van der Waals surface area contributed by atoms with Crippen LogP contribution >= 0.6 is 0 Å². The van der Waals surface area contributed by atoms with E-state index < -0.39 is 18.5 Å². The van der Waals surface area contributed by atoms with Crippen LogP contribution in [-0.4, -0.2) is 40.9 Å². The van der Waals surface area contributed by atoms with Gasteiger partial charge >= 0.3 is 0 Å². The summed E-state index contributed by atoms with van der Waals surface area (Å²) in [5.41, 5.74) is 0. The van der Waals surface area contributed by atoms with Crippen molar-refractivity contribution in [3.05, 3.63) is 12.7 Å². The highest BCUT2D eigenvalue weighted by Crippen LogP contribution is 2.22. The first-order valence-electron chi connectivity index (χ1n) is 7.82. The molecule has 0 radical (unpaired) electrons. The topological polar surface area (TPSA) is 58.9 Å². The molecule has 0 aromatic heterocycles. The Morgan fingerprint density at radius 1 is 1.25 bits per heavy atom. The third-order valence-corrected chi connectivity index (χ3v) is 2.83. The molecule has 0 saturated carbocycles. The van der Waals surface area contributed by atoms with Crippen molar-refractivity contribution >= 4 is 0 Å². The maximum atomic E-state index is 9.70. The van der Waals surface area contributed by atoms with E-state index in [-0.39, 0.29) is 12.2 Å². The zero-order chi connectivity index (χ0) is 16.1. The maximum Gasteiger partial charge on any atom is 0.184 e. The molecular weight excluding hydrogens is 256 g/mol. The van der Waals surface area contributed by atoms with Crippen LogP contribution in [0.2, 0.25) is 0 Å². The Morgan fingerprint density at radius 2 is 1.80 bits per heavy atom. The Kier molecular flexibility index (Phi) is 14.8. The number of aliphatic hydroxyl groups excluding tert-OH is 2. The number of allylic oxidation sites excluding steroid dienone is 1. The van der Waals surface area contributed by atoms with Crippen molar-refractivity contribution in [2.75, 3.05) is 0 Å². The summed E-state index contributed by atoms with van der Waals surface area (Å²) in [4.78, 5) is 0. The lowest BCUT2D eigenvalue weighted by molar-refractivity contribution is -0.273. The molecule has 0 aromatic carbocycles. The van der Waals surface area contributed by atoms with Crippen molar-refractivity contribution < 1.29 is 19.7 Å². The lowest BCUT2D eigenvalue weighted by Crippen LogP contribution is -2.48. The van der Waals surface area contributed by atoms with Gasteiger partial charge in [0.1, 0.15) is 6.10 Å². The Balaban J connectivity index is 0. The molecule has 0 amide bonds. The van der Waals surface area contributed by atoms with E-state index in [1.54, 1.807) is 6.92 Å². The molecule has 1 rings (SSSR count). The summed E-state index contributed by atoms with van der Waals surface area (Å²) >= 11 is 0. The summed E-state index contributed by atoms with van der Waals surface area (Å²) in [6.07, 6.45) is 1.61. The number of rotatable bonds is 5. The van der Waals surface area contributed by atoms with Crippen LogP contribution in [0, 0.1) is 0 Å². The van der Waals surface area contributed by atoms with Crippen molar-refractivity contribution in [1.82, 2.24) is 0 Å². The summed E-state index contributed by atoms with van der Waals surface area (Å²) in [5, 5.41) is 19.2. The van der Waals surface area contributed by atoms with Gasteiger partial charge in [-0.1, -0.05) is 33.8 Å². The van der Waals surface area contributed by atoms with E-state index in [4.69, 9.17) is 9.47 Å². The first-order chi connectivity index (χ1) is 9.54. The van der Waals surface area contributed by atoms with Crippen LogP contribution in [-0.2, 0) is 9.47 Å². The van der Waals surface area contributed by atoms with E-state index in [2.05, 4.69) is 6.58 Å². The summed E-state index contributed by atoms with van der Waals surface area (Å²) < 4.78 is 11.0. The third-order valence-electron chi connectivity index (χ3n) is 2.83. The molecule has 1 aliphatic heterocycles. The molecule has 1 aliphatic rings. The van der Waals surface area contributed by atoms with E-state index in [9.17, 15) is 10.2 Å². The molecule has 1 fully saturated rings. The van der Waals surface area contributed by atoms with Crippen LogP contribution in [0.1, 0.15) is 60.8 Å². The van der Waals surface area contributed by atoms with Crippen LogP contribution < -0.4 is 0 Å². The van der Waals surface area contributed by atoms with Gasteiger partial charge in [-0.05, 0) is 26.7 Å². The maximum absolute atomic E-state index is 9.70. The quantitative estimate of drug-likeness (QED) is 0.763. The molecule has 0 spiro atoms. The van der Waals surface area contributed by atoms with Gasteiger partial charge in [0, 0.05) is 6.42 Å². The van der Waals surface area contributed by atoms with Crippen molar-refractivity contribution in [3.8, 4) is 0 Å². The fourth-order valence-electron chi connectivity index (χ4n) is 1.72. The van der Waals surface area contributed by atoms with Gasteiger partial charge in [-0.15, -0.1) is 6.58 Å². The summed E-state index contributed by atoms with van der Waals surface area (Å²) in [7, 11) is 0. The number of hydrogen-bond donors (Lipinski definition) is 2. The Morgan fingerprint density at radius 3 is 2.30 bits per heavy atom. The van der Waals surface area contributed by atoms with E-state index >= 15 is 0 Å². The third kappa shape index (κ3) is 8.69. The van der Waals surface area contributed by atoms with E-state index in [1.165, 1.54) is 0 Å². The van der Waals surface area contributed by atoms with Crippen molar-refractivity contribution in [2.24, 2.45) is 0 Å². The second-order valence-corrected chi connectivity index (χ2v) is 4.39. The average molecular weight is 290 g/mol. The Bertz CT molecular complexity index is 221. The summed E-state index contributed by atoms with van der Waals surface area (Å²) in [5.74, 6) is 0. The zero-order valence-electron chi connectivity index (χ0n) is 14.0. The molecule has 0 aliphatic carbocycles. The molecule has 122 valence electrons. The first-order valence-corrected chi connectivity index (χ1v) is 7.82. The molecule has 1 saturated heterocycles. The van der Waals surface area contributed by atoms with Gasteiger partial charge in [0.15, 0.2) is 6.29 Å². The van der Waals surface area contributed by atoms with Gasteiger partial charge in [0.05, 0.1) is 18.3 Å².